The quantitative estimate of drug-likeness (QED) is 0.740. The van der Waals surface area contributed by atoms with Crippen molar-refractivity contribution in [3.8, 4) is 11.5 Å². The van der Waals surface area contributed by atoms with Crippen molar-refractivity contribution in [2.24, 2.45) is 0 Å². The largest absolute Gasteiger partial charge is 0.476 e. The lowest BCUT2D eigenvalue weighted by Crippen LogP contribution is -1.98. The number of benzene rings is 2. The maximum absolute atomic E-state index is 11.4. The van der Waals surface area contributed by atoms with Crippen LogP contribution in [0.15, 0.2) is 69.0 Å². The molecule has 0 bridgehead atoms. The first kappa shape index (κ1) is 14.7. The molecule has 0 fully saturated rings. The van der Waals surface area contributed by atoms with E-state index in [1.54, 1.807) is 24.3 Å². The van der Waals surface area contributed by atoms with Crippen LogP contribution in [0.2, 0.25) is 5.02 Å². The van der Waals surface area contributed by atoms with E-state index in [-0.39, 0.29) is 16.7 Å². The monoisotopic (exact) mass is 331 g/mol. The highest BCUT2D eigenvalue weighted by Crippen LogP contribution is 2.34. The zero-order valence-electron chi connectivity index (χ0n) is 11.2. The maximum Gasteiger partial charge on any atom is 0.359 e. The number of oxazole rings is 1. The summed E-state index contributed by atoms with van der Waals surface area (Å²) < 4.78 is 5.63. The number of halogens is 1. The van der Waals surface area contributed by atoms with Gasteiger partial charge in [0.1, 0.15) is 0 Å². The van der Waals surface area contributed by atoms with Crippen LogP contribution in [0.25, 0.3) is 11.5 Å². The maximum atomic E-state index is 11.4. The van der Waals surface area contributed by atoms with Gasteiger partial charge in [-0.3, -0.25) is 0 Å². The SMILES string of the molecule is O=C(O)c1nc(-c2ccccc2)oc1Sc1ccc(Cl)cc1. The fourth-order valence-corrected chi connectivity index (χ4v) is 2.79. The molecule has 0 radical (unpaired) electrons. The number of nitrogens with zero attached hydrogens (tertiary/aromatic N) is 1. The van der Waals surface area contributed by atoms with Gasteiger partial charge >= 0.3 is 5.97 Å². The molecule has 0 saturated carbocycles. The van der Waals surface area contributed by atoms with E-state index >= 15 is 0 Å². The van der Waals surface area contributed by atoms with E-state index in [0.29, 0.717) is 5.02 Å². The van der Waals surface area contributed by atoms with Crippen LogP contribution in [-0.4, -0.2) is 16.1 Å². The van der Waals surface area contributed by atoms with Gasteiger partial charge in [-0.15, -0.1) is 0 Å². The Bertz CT molecular complexity index is 800. The summed E-state index contributed by atoms with van der Waals surface area (Å²) in [6.45, 7) is 0. The molecule has 0 spiro atoms. The van der Waals surface area contributed by atoms with Crippen molar-refractivity contribution in [3.63, 3.8) is 0 Å². The van der Waals surface area contributed by atoms with Crippen molar-refractivity contribution in [2.45, 2.75) is 9.99 Å². The molecule has 0 unspecified atom stereocenters. The summed E-state index contributed by atoms with van der Waals surface area (Å²) in [4.78, 5) is 16.3. The third kappa shape index (κ3) is 3.16. The van der Waals surface area contributed by atoms with Crippen molar-refractivity contribution in [3.05, 3.63) is 65.3 Å². The number of rotatable bonds is 4. The van der Waals surface area contributed by atoms with Crippen LogP contribution in [-0.2, 0) is 0 Å². The molecule has 0 aliphatic rings. The predicted octanol–water partition coefficient (Wildman–Crippen LogP) is 4.84. The normalized spacial score (nSPS) is 10.6. The summed E-state index contributed by atoms with van der Waals surface area (Å²) in [5.74, 6) is -0.836. The minimum absolute atomic E-state index is 0.0983. The number of aromatic carboxylic acids is 1. The molecule has 6 heteroatoms. The average Bonchev–Trinajstić information content (AvgIpc) is 2.95. The first-order chi connectivity index (χ1) is 10.6. The van der Waals surface area contributed by atoms with Crippen molar-refractivity contribution in [1.29, 1.82) is 0 Å². The molecule has 1 heterocycles. The highest BCUT2D eigenvalue weighted by atomic mass is 35.5. The number of carboxylic acid groups (broad SMARTS) is 1. The van der Waals surface area contributed by atoms with Gasteiger partial charge in [0.2, 0.25) is 16.7 Å². The summed E-state index contributed by atoms with van der Waals surface area (Å²) in [6.07, 6.45) is 0. The van der Waals surface area contributed by atoms with Gasteiger partial charge in [0, 0.05) is 15.5 Å². The second-order valence-corrected chi connectivity index (χ2v) is 5.86. The van der Waals surface area contributed by atoms with E-state index < -0.39 is 5.97 Å². The van der Waals surface area contributed by atoms with E-state index in [1.807, 2.05) is 30.3 Å². The average molecular weight is 332 g/mol. The molecule has 0 saturated heterocycles. The van der Waals surface area contributed by atoms with Crippen molar-refractivity contribution >= 4 is 29.3 Å². The van der Waals surface area contributed by atoms with Gasteiger partial charge in [-0.25, -0.2) is 9.78 Å². The third-order valence-corrected chi connectivity index (χ3v) is 4.07. The standard InChI is InChI=1S/C16H10ClNO3S/c17-11-6-8-12(9-7-11)22-16-13(15(19)20)18-14(21-16)10-4-2-1-3-5-10/h1-9H,(H,19,20). The summed E-state index contributed by atoms with van der Waals surface area (Å²) in [5, 5.41) is 10.2. The fraction of sp³-hybridized carbons (Fsp3) is 0. The lowest BCUT2D eigenvalue weighted by molar-refractivity contribution is 0.0685. The van der Waals surface area contributed by atoms with Gasteiger partial charge in [0.05, 0.1) is 0 Å². The Morgan fingerprint density at radius 1 is 1.09 bits per heavy atom. The minimum Gasteiger partial charge on any atom is -0.476 e. The lowest BCUT2D eigenvalue weighted by atomic mass is 10.2. The van der Waals surface area contributed by atoms with E-state index in [1.165, 1.54) is 11.8 Å². The fourth-order valence-electron chi connectivity index (χ4n) is 1.82. The van der Waals surface area contributed by atoms with Gasteiger partial charge in [-0.2, -0.15) is 0 Å². The molecule has 3 rings (SSSR count). The Morgan fingerprint density at radius 3 is 2.41 bits per heavy atom. The molecule has 0 amide bonds. The summed E-state index contributed by atoms with van der Waals surface area (Å²) in [6, 6.07) is 16.2. The zero-order chi connectivity index (χ0) is 15.5. The molecule has 1 N–H and O–H groups in total. The number of carboxylic acids is 1. The number of carbonyl (C=O) groups is 1. The second-order valence-electron chi connectivity index (χ2n) is 4.38. The van der Waals surface area contributed by atoms with Crippen LogP contribution in [0.4, 0.5) is 0 Å². The van der Waals surface area contributed by atoms with Gasteiger partial charge in [-0.1, -0.05) is 29.8 Å². The highest BCUT2D eigenvalue weighted by molar-refractivity contribution is 7.99. The summed E-state index contributed by atoms with van der Waals surface area (Å²) >= 11 is 7.04. The van der Waals surface area contributed by atoms with Crippen molar-refractivity contribution in [1.82, 2.24) is 4.98 Å². The number of hydrogen-bond acceptors (Lipinski definition) is 4. The zero-order valence-corrected chi connectivity index (χ0v) is 12.8. The van der Waals surface area contributed by atoms with Gasteiger partial charge < -0.3 is 9.52 Å². The first-order valence-corrected chi connectivity index (χ1v) is 7.56. The third-order valence-electron chi connectivity index (χ3n) is 2.84. The minimum atomic E-state index is -1.12. The van der Waals surface area contributed by atoms with Crippen LogP contribution in [0.1, 0.15) is 10.5 Å². The molecule has 2 aromatic carbocycles. The Labute approximate surface area is 135 Å². The van der Waals surface area contributed by atoms with Crippen molar-refractivity contribution < 1.29 is 14.3 Å². The Morgan fingerprint density at radius 2 is 1.77 bits per heavy atom. The van der Waals surface area contributed by atoms with E-state index in [2.05, 4.69) is 4.98 Å². The highest BCUT2D eigenvalue weighted by Gasteiger charge is 2.21. The Kier molecular flexibility index (Phi) is 4.18. The summed E-state index contributed by atoms with van der Waals surface area (Å²) in [5.41, 5.74) is 0.631. The Balaban J connectivity index is 1.97. The lowest BCUT2D eigenvalue weighted by Gasteiger charge is -1.99. The van der Waals surface area contributed by atoms with Crippen LogP contribution < -0.4 is 0 Å². The van der Waals surface area contributed by atoms with Crippen LogP contribution in [0.5, 0.6) is 0 Å². The van der Waals surface area contributed by atoms with Crippen LogP contribution in [0.3, 0.4) is 0 Å². The van der Waals surface area contributed by atoms with E-state index in [4.69, 9.17) is 16.0 Å². The van der Waals surface area contributed by atoms with Gasteiger partial charge in [-0.05, 0) is 48.2 Å². The second kappa shape index (κ2) is 6.25. The van der Waals surface area contributed by atoms with Crippen molar-refractivity contribution in [2.75, 3.05) is 0 Å². The molecule has 22 heavy (non-hydrogen) atoms. The van der Waals surface area contributed by atoms with Gasteiger partial charge in [0.25, 0.3) is 0 Å². The summed E-state index contributed by atoms with van der Waals surface area (Å²) in [7, 11) is 0. The van der Waals surface area contributed by atoms with Crippen LogP contribution >= 0.6 is 23.4 Å². The van der Waals surface area contributed by atoms with E-state index in [9.17, 15) is 9.90 Å². The molecule has 0 aliphatic heterocycles. The predicted molar refractivity (Wildman–Crippen MR) is 84.5 cm³/mol. The molecular formula is C16H10ClNO3S. The number of hydrogen-bond donors (Lipinski definition) is 1. The first-order valence-electron chi connectivity index (χ1n) is 6.36. The van der Waals surface area contributed by atoms with Crippen LogP contribution in [0, 0.1) is 0 Å². The molecule has 0 aliphatic carbocycles. The number of aromatic nitrogens is 1. The smallest absolute Gasteiger partial charge is 0.359 e. The van der Waals surface area contributed by atoms with E-state index in [0.717, 1.165) is 10.5 Å². The molecule has 3 aromatic rings. The van der Waals surface area contributed by atoms with Gasteiger partial charge in [0.15, 0.2) is 0 Å². The molecule has 110 valence electrons. The molecular weight excluding hydrogens is 322 g/mol. The molecule has 4 nitrogen and oxygen atoms in total. The molecule has 0 atom stereocenters. The topological polar surface area (TPSA) is 63.3 Å². The molecule has 1 aromatic heterocycles. The Hall–Kier alpha value is -2.24.